The van der Waals surface area contributed by atoms with Crippen molar-refractivity contribution in [2.75, 3.05) is 20.8 Å². The summed E-state index contributed by atoms with van der Waals surface area (Å²) >= 11 is 0. The number of nitrogens with zero attached hydrogens (tertiary/aromatic N) is 3. The van der Waals surface area contributed by atoms with E-state index in [1.807, 2.05) is 52.8 Å². The van der Waals surface area contributed by atoms with Gasteiger partial charge in [0.15, 0.2) is 0 Å². The minimum atomic E-state index is -0.0447. The molecule has 27 heavy (non-hydrogen) atoms. The summed E-state index contributed by atoms with van der Waals surface area (Å²) in [5, 5.41) is 0. The van der Waals surface area contributed by atoms with Crippen LogP contribution in [0.3, 0.4) is 0 Å². The third-order valence-corrected chi connectivity index (χ3v) is 5.15. The van der Waals surface area contributed by atoms with E-state index >= 15 is 0 Å². The maximum absolute atomic E-state index is 13.2. The van der Waals surface area contributed by atoms with Crippen molar-refractivity contribution in [1.29, 1.82) is 0 Å². The van der Waals surface area contributed by atoms with Crippen molar-refractivity contribution in [3.63, 3.8) is 0 Å². The summed E-state index contributed by atoms with van der Waals surface area (Å²) in [5.41, 5.74) is 3.38. The lowest BCUT2D eigenvalue weighted by molar-refractivity contribution is 0.0729. The molecule has 0 saturated carbocycles. The SMILES string of the molecule is COc1ccc([C@@H]2CCCN2C(=O)c2cn3ccc(C)cc3n2)c(OC)c1. The molecule has 1 aliphatic rings. The molecule has 3 aromatic rings. The lowest BCUT2D eigenvalue weighted by atomic mass is 10.0. The molecule has 0 N–H and O–H groups in total. The van der Waals surface area contributed by atoms with Crippen LogP contribution in [0.4, 0.5) is 0 Å². The third-order valence-electron chi connectivity index (χ3n) is 5.15. The number of amides is 1. The smallest absolute Gasteiger partial charge is 0.274 e. The van der Waals surface area contributed by atoms with E-state index in [0.29, 0.717) is 12.2 Å². The largest absolute Gasteiger partial charge is 0.497 e. The molecule has 0 unspecified atom stereocenters. The molecule has 1 aromatic carbocycles. The third kappa shape index (κ3) is 3.12. The molecule has 4 rings (SSSR count). The van der Waals surface area contributed by atoms with Crippen molar-refractivity contribution in [1.82, 2.24) is 14.3 Å². The highest BCUT2D eigenvalue weighted by Gasteiger charge is 2.33. The predicted molar refractivity (Wildman–Crippen MR) is 102 cm³/mol. The maximum Gasteiger partial charge on any atom is 0.274 e. The standard InChI is InChI=1S/C21H23N3O3/c1-14-8-10-23-13-17(22-20(23)11-14)21(25)24-9-4-5-18(24)16-7-6-15(26-2)12-19(16)27-3/h6-8,10-13,18H,4-5,9H2,1-3H3/t18-/m0/s1. The van der Waals surface area contributed by atoms with E-state index in [2.05, 4.69) is 4.98 Å². The Morgan fingerprint density at radius 1 is 1.19 bits per heavy atom. The monoisotopic (exact) mass is 365 g/mol. The number of carbonyl (C=O) groups excluding carboxylic acids is 1. The summed E-state index contributed by atoms with van der Waals surface area (Å²) in [7, 11) is 3.27. The second kappa shape index (κ2) is 6.95. The van der Waals surface area contributed by atoms with Crippen LogP contribution in [0.2, 0.25) is 0 Å². The van der Waals surface area contributed by atoms with Crippen molar-refractivity contribution < 1.29 is 14.3 Å². The number of methoxy groups -OCH3 is 2. The molecule has 6 nitrogen and oxygen atoms in total. The molecule has 0 spiro atoms. The maximum atomic E-state index is 13.2. The fourth-order valence-electron chi connectivity index (χ4n) is 3.76. The minimum absolute atomic E-state index is 0.0232. The Morgan fingerprint density at radius 3 is 2.81 bits per heavy atom. The van der Waals surface area contributed by atoms with Gasteiger partial charge < -0.3 is 18.8 Å². The number of imidazole rings is 1. The van der Waals surface area contributed by atoms with Crippen molar-refractivity contribution in [2.24, 2.45) is 0 Å². The lowest BCUT2D eigenvalue weighted by Gasteiger charge is -2.26. The van der Waals surface area contributed by atoms with Gasteiger partial charge in [-0.2, -0.15) is 0 Å². The molecule has 1 amide bonds. The second-order valence-electron chi connectivity index (χ2n) is 6.86. The Morgan fingerprint density at radius 2 is 2.04 bits per heavy atom. The zero-order chi connectivity index (χ0) is 19.0. The number of likely N-dealkylation sites (tertiary alicyclic amines) is 1. The molecule has 2 aromatic heterocycles. The van der Waals surface area contributed by atoms with Crippen molar-refractivity contribution >= 4 is 11.6 Å². The Hall–Kier alpha value is -3.02. The van der Waals surface area contributed by atoms with Crippen molar-refractivity contribution in [3.05, 3.63) is 59.5 Å². The quantitative estimate of drug-likeness (QED) is 0.708. The number of rotatable bonds is 4. The molecule has 0 aliphatic carbocycles. The molecule has 1 saturated heterocycles. The van der Waals surface area contributed by atoms with Gasteiger partial charge in [0.1, 0.15) is 22.8 Å². The van der Waals surface area contributed by atoms with E-state index in [4.69, 9.17) is 9.47 Å². The van der Waals surface area contributed by atoms with Gasteiger partial charge >= 0.3 is 0 Å². The summed E-state index contributed by atoms with van der Waals surface area (Å²) < 4.78 is 12.7. The van der Waals surface area contributed by atoms with Gasteiger partial charge in [0.05, 0.1) is 20.3 Å². The van der Waals surface area contributed by atoms with Crippen LogP contribution in [0, 0.1) is 6.92 Å². The van der Waals surface area contributed by atoms with Crippen LogP contribution in [-0.2, 0) is 0 Å². The fourth-order valence-corrected chi connectivity index (χ4v) is 3.76. The topological polar surface area (TPSA) is 56.1 Å². The number of hydrogen-bond donors (Lipinski definition) is 0. The highest BCUT2D eigenvalue weighted by Crippen LogP contribution is 2.39. The van der Waals surface area contributed by atoms with Crippen LogP contribution in [0.1, 0.15) is 40.5 Å². The Balaban J connectivity index is 1.67. The summed E-state index contributed by atoms with van der Waals surface area (Å²) in [6.45, 7) is 2.73. The molecule has 6 heteroatoms. The zero-order valence-electron chi connectivity index (χ0n) is 15.8. The average molecular weight is 365 g/mol. The number of hydrogen-bond acceptors (Lipinski definition) is 4. The van der Waals surface area contributed by atoms with Gasteiger partial charge in [-0.15, -0.1) is 0 Å². The number of pyridine rings is 1. The number of ether oxygens (including phenoxy) is 2. The van der Waals surface area contributed by atoms with Crippen LogP contribution in [0.5, 0.6) is 11.5 Å². The van der Waals surface area contributed by atoms with E-state index in [-0.39, 0.29) is 11.9 Å². The first-order valence-electron chi connectivity index (χ1n) is 9.09. The molecule has 0 radical (unpaired) electrons. The second-order valence-corrected chi connectivity index (χ2v) is 6.86. The fraction of sp³-hybridized carbons (Fsp3) is 0.333. The number of benzene rings is 1. The number of carbonyl (C=O) groups is 1. The molecular formula is C21H23N3O3. The van der Waals surface area contributed by atoms with Gasteiger partial charge in [-0.25, -0.2) is 4.98 Å². The van der Waals surface area contributed by atoms with Gasteiger partial charge in [0.2, 0.25) is 0 Å². The van der Waals surface area contributed by atoms with Crippen LogP contribution < -0.4 is 9.47 Å². The summed E-state index contributed by atoms with van der Waals surface area (Å²) in [5.74, 6) is 1.43. The van der Waals surface area contributed by atoms with Crippen LogP contribution in [0.15, 0.2) is 42.7 Å². The van der Waals surface area contributed by atoms with Gasteiger partial charge in [-0.05, 0) is 49.6 Å². The van der Waals surface area contributed by atoms with Crippen molar-refractivity contribution in [2.45, 2.75) is 25.8 Å². The number of fused-ring (bicyclic) bond motifs is 1. The molecule has 1 fully saturated rings. The summed E-state index contributed by atoms with van der Waals surface area (Å²) in [4.78, 5) is 19.6. The Labute approximate surface area is 158 Å². The van der Waals surface area contributed by atoms with Gasteiger partial charge in [0.25, 0.3) is 5.91 Å². The first-order chi connectivity index (χ1) is 13.1. The molecule has 0 bridgehead atoms. The highest BCUT2D eigenvalue weighted by molar-refractivity contribution is 5.93. The van der Waals surface area contributed by atoms with E-state index in [1.165, 1.54) is 0 Å². The van der Waals surface area contributed by atoms with Crippen LogP contribution in [-0.4, -0.2) is 41.0 Å². The summed E-state index contributed by atoms with van der Waals surface area (Å²) in [6.07, 6.45) is 5.60. The van der Waals surface area contributed by atoms with Gasteiger partial charge in [0, 0.05) is 30.6 Å². The first-order valence-corrected chi connectivity index (χ1v) is 9.09. The van der Waals surface area contributed by atoms with E-state index in [1.54, 1.807) is 20.4 Å². The zero-order valence-corrected chi connectivity index (χ0v) is 15.8. The van der Waals surface area contributed by atoms with Crippen LogP contribution >= 0.6 is 0 Å². The predicted octanol–water partition coefficient (Wildman–Crippen LogP) is 3.64. The van der Waals surface area contributed by atoms with E-state index in [9.17, 15) is 4.79 Å². The minimum Gasteiger partial charge on any atom is -0.497 e. The van der Waals surface area contributed by atoms with Gasteiger partial charge in [-0.1, -0.05) is 0 Å². The Bertz CT molecular complexity index is 996. The molecule has 1 aliphatic heterocycles. The number of aryl methyl sites for hydroxylation is 1. The van der Waals surface area contributed by atoms with Crippen LogP contribution in [0.25, 0.3) is 5.65 Å². The molecule has 140 valence electrons. The van der Waals surface area contributed by atoms with E-state index < -0.39 is 0 Å². The normalized spacial score (nSPS) is 16.7. The first kappa shape index (κ1) is 17.4. The molecule has 1 atom stereocenters. The lowest BCUT2D eigenvalue weighted by Crippen LogP contribution is -2.31. The highest BCUT2D eigenvalue weighted by atomic mass is 16.5. The molecule has 3 heterocycles. The van der Waals surface area contributed by atoms with Gasteiger partial charge in [-0.3, -0.25) is 4.79 Å². The molecular weight excluding hydrogens is 342 g/mol. The number of aromatic nitrogens is 2. The summed E-state index contributed by atoms with van der Waals surface area (Å²) in [6, 6.07) is 9.72. The van der Waals surface area contributed by atoms with Crippen molar-refractivity contribution in [3.8, 4) is 11.5 Å². The Kier molecular flexibility index (Phi) is 4.48. The average Bonchev–Trinajstić information content (AvgIpc) is 3.33. The van der Waals surface area contributed by atoms with E-state index in [0.717, 1.165) is 41.1 Å².